The number of halogens is 2. The van der Waals surface area contributed by atoms with E-state index in [-0.39, 0.29) is 31.8 Å². The highest BCUT2D eigenvalue weighted by molar-refractivity contribution is 6.00. The Kier molecular flexibility index (Phi) is 5.79. The number of fused-ring (bicyclic) bond motifs is 1. The fourth-order valence-electron chi connectivity index (χ4n) is 5.21. The maximum Gasteiger partial charge on any atom is 0.287 e. The van der Waals surface area contributed by atoms with Crippen molar-refractivity contribution >= 4 is 22.8 Å². The Bertz CT molecular complexity index is 1490. The number of alkyl halides is 2. The fraction of sp³-hybridized carbons (Fsp3) is 0.414. The van der Waals surface area contributed by atoms with Crippen LogP contribution in [0.4, 0.5) is 8.78 Å². The number of aliphatic hydroxyl groups is 1. The smallest absolute Gasteiger partial charge is 0.287 e. The number of ether oxygens (including phenoxy) is 1. The van der Waals surface area contributed by atoms with E-state index >= 15 is 0 Å². The summed E-state index contributed by atoms with van der Waals surface area (Å²) in [5.41, 5.74) is -0.568. The van der Waals surface area contributed by atoms with E-state index < -0.39 is 47.3 Å². The number of hydrogen-bond donors (Lipinski definition) is 3. The number of nitriles is 1. The van der Waals surface area contributed by atoms with Crippen LogP contribution in [0.25, 0.3) is 22.1 Å². The lowest BCUT2D eigenvalue weighted by atomic mass is 9.78. The van der Waals surface area contributed by atoms with E-state index in [0.717, 1.165) is 16.7 Å². The molecule has 3 aromatic rings. The summed E-state index contributed by atoms with van der Waals surface area (Å²) >= 11 is 0. The average molecular weight is 536 g/mol. The molecule has 39 heavy (non-hydrogen) atoms. The molecular weight excluding hydrogens is 508 g/mol. The molecule has 2 aliphatic carbocycles. The first-order valence-corrected chi connectivity index (χ1v) is 12.9. The third-order valence-electron chi connectivity index (χ3n) is 8.12. The number of benzene rings is 2. The van der Waals surface area contributed by atoms with Crippen molar-refractivity contribution in [2.75, 3.05) is 13.2 Å². The number of hydrogen-bond acceptors (Lipinski definition) is 6. The number of furan rings is 1. The summed E-state index contributed by atoms with van der Waals surface area (Å²) in [7, 11) is 0. The molecular formula is C29H27F2N3O5. The zero-order chi connectivity index (χ0) is 27.5. The summed E-state index contributed by atoms with van der Waals surface area (Å²) < 4.78 is 38.9. The van der Waals surface area contributed by atoms with Crippen LogP contribution in [0.5, 0.6) is 0 Å². The zero-order valence-corrected chi connectivity index (χ0v) is 21.1. The Labute approximate surface area is 222 Å². The molecule has 0 bridgehead atoms. The van der Waals surface area contributed by atoms with Gasteiger partial charge in [0.2, 0.25) is 11.8 Å². The summed E-state index contributed by atoms with van der Waals surface area (Å²) in [6.45, 7) is 0.528. The van der Waals surface area contributed by atoms with E-state index in [9.17, 15) is 28.7 Å². The van der Waals surface area contributed by atoms with Gasteiger partial charge in [-0.1, -0.05) is 36.4 Å². The van der Waals surface area contributed by atoms with Crippen LogP contribution in [0.15, 0.2) is 52.9 Å². The van der Waals surface area contributed by atoms with Crippen LogP contribution < -0.4 is 10.6 Å². The largest absolute Gasteiger partial charge is 0.451 e. The minimum absolute atomic E-state index is 0.0457. The van der Waals surface area contributed by atoms with Crippen LogP contribution in [0.3, 0.4) is 0 Å². The molecule has 1 saturated heterocycles. The molecule has 202 valence electrons. The Morgan fingerprint density at radius 1 is 0.897 bits per heavy atom. The highest BCUT2D eigenvalue weighted by Crippen LogP contribution is 2.41. The van der Waals surface area contributed by atoms with Gasteiger partial charge in [0, 0.05) is 18.2 Å². The first-order valence-electron chi connectivity index (χ1n) is 12.9. The van der Waals surface area contributed by atoms with Gasteiger partial charge in [0.05, 0.1) is 19.3 Å². The molecule has 0 spiro atoms. The molecule has 3 aliphatic rings. The number of amides is 2. The summed E-state index contributed by atoms with van der Waals surface area (Å²) in [5.74, 6) is -4.27. The molecule has 2 aromatic carbocycles. The van der Waals surface area contributed by atoms with Crippen molar-refractivity contribution in [3.63, 3.8) is 0 Å². The number of nitrogens with zero attached hydrogens (tertiary/aromatic N) is 1. The standard InChI is InChI=1S/C29H27F2N3O5/c30-29(31)11-9-27(10-12-29,25(36)34-26(15-32)7-8-26)33-24(35)23-14-20-2-1-19(13-22(20)39-23)18-3-5-21(6-4-18)28(37)16-38-17-28/h1-6,13-14,37H,7-12,16-17H2,(H,33,35)(H,34,36). The molecule has 0 radical (unpaired) electrons. The molecule has 3 N–H and O–H groups in total. The topological polar surface area (TPSA) is 125 Å². The predicted molar refractivity (Wildman–Crippen MR) is 136 cm³/mol. The normalized spacial score (nSPS) is 21.8. The first-order chi connectivity index (χ1) is 18.5. The van der Waals surface area contributed by atoms with Gasteiger partial charge in [0.1, 0.15) is 22.3 Å². The van der Waals surface area contributed by atoms with Crippen LogP contribution in [-0.2, 0) is 15.1 Å². The lowest BCUT2D eigenvalue weighted by Gasteiger charge is -2.39. The average Bonchev–Trinajstić information content (AvgIpc) is 3.55. The Hall–Kier alpha value is -3.81. The maximum absolute atomic E-state index is 14.0. The van der Waals surface area contributed by atoms with Crippen LogP contribution in [-0.4, -0.2) is 47.1 Å². The minimum Gasteiger partial charge on any atom is -0.451 e. The SMILES string of the molecule is N#CC1(NC(=O)C2(NC(=O)c3cc4ccc(-c5ccc(C6(O)COC6)cc5)cc4o3)CCC(F)(F)CC2)CC1. The van der Waals surface area contributed by atoms with Crippen LogP contribution in [0.2, 0.25) is 0 Å². The highest BCUT2D eigenvalue weighted by atomic mass is 19.3. The maximum atomic E-state index is 14.0. The van der Waals surface area contributed by atoms with Crippen molar-refractivity contribution in [3.05, 3.63) is 59.9 Å². The predicted octanol–water partition coefficient (Wildman–Crippen LogP) is 4.17. The molecule has 2 saturated carbocycles. The Balaban J connectivity index is 1.23. The first kappa shape index (κ1) is 25.5. The number of carbonyl (C=O) groups excluding carboxylic acids is 2. The van der Waals surface area contributed by atoms with E-state index in [1.165, 1.54) is 0 Å². The Morgan fingerprint density at radius 3 is 2.15 bits per heavy atom. The third-order valence-corrected chi connectivity index (χ3v) is 8.12. The number of rotatable bonds is 6. The van der Waals surface area contributed by atoms with Gasteiger partial charge in [-0.3, -0.25) is 9.59 Å². The van der Waals surface area contributed by atoms with Gasteiger partial charge in [-0.25, -0.2) is 8.78 Å². The van der Waals surface area contributed by atoms with E-state index in [4.69, 9.17) is 9.15 Å². The molecule has 0 unspecified atom stereocenters. The molecule has 1 aromatic heterocycles. The van der Waals surface area contributed by atoms with Crippen LogP contribution in [0.1, 0.15) is 54.6 Å². The van der Waals surface area contributed by atoms with Crippen molar-refractivity contribution in [1.82, 2.24) is 10.6 Å². The lowest BCUT2D eigenvalue weighted by molar-refractivity contribution is -0.184. The van der Waals surface area contributed by atoms with Gasteiger partial charge in [-0.2, -0.15) is 5.26 Å². The van der Waals surface area contributed by atoms with Gasteiger partial charge >= 0.3 is 0 Å². The summed E-state index contributed by atoms with van der Waals surface area (Å²) in [5, 5.41) is 25.8. The van der Waals surface area contributed by atoms with Gasteiger partial charge in [-0.05, 0) is 54.5 Å². The monoisotopic (exact) mass is 535 g/mol. The van der Waals surface area contributed by atoms with Gasteiger partial charge < -0.3 is 24.9 Å². The minimum atomic E-state index is -2.92. The van der Waals surface area contributed by atoms with Crippen LogP contribution >= 0.6 is 0 Å². The number of nitrogens with one attached hydrogen (secondary N) is 2. The van der Waals surface area contributed by atoms with Gasteiger partial charge in [0.25, 0.3) is 5.91 Å². The lowest BCUT2D eigenvalue weighted by Crippen LogP contribution is -2.62. The highest BCUT2D eigenvalue weighted by Gasteiger charge is 2.53. The molecule has 6 rings (SSSR count). The van der Waals surface area contributed by atoms with E-state index in [0.29, 0.717) is 23.8 Å². The molecule has 2 heterocycles. The van der Waals surface area contributed by atoms with Crippen LogP contribution in [0, 0.1) is 11.3 Å². The summed E-state index contributed by atoms with van der Waals surface area (Å²) in [6.07, 6.45) is -0.625. The second-order valence-electron chi connectivity index (χ2n) is 11.0. The molecule has 0 atom stereocenters. The Morgan fingerprint density at radius 2 is 1.56 bits per heavy atom. The van der Waals surface area contributed by atoms with Crippen molar-refractivity contribution in [2.24, 2.45) is 0 Å². The second-order valence-corrected chi connectivity index (χ2v) is 11.0. The second kappa shape index (κ2) is 8.86. The summed E-state index contributed by atoms with van der Waals surface area (Å²) in [6, 6.07) is 16.6. The van der Waals surface area contributed by atoms with E-state index in [2.05, 4.69) is 16.7 Å². The molecule has 1 aliphatic heterocycles. The van der Waals surface area contributed by atoms with Crippen molar-refractivity contribution in [1.29, 1.82) is 5.26 Å². The van der Waals surface area contributed by atoms with E-state index in [1.807, 2.05) is 30.3 Å². The molecule has 10 heteroatoms. The van der Waals surface area contributed by atoms with Crippen molar-refractivity contribution in [2.45, 2.75) is 61.1 Å². The molecule has 8 nitrogen and oxygen atoms in total. The molecule has 2 amide bonds. The summed E-state index contributed by atoms with van der Waals surface area (Å²) in [4.78, 5) is 26.5. The van der Waals surface area contributed by atoms with Crippen molar-refractivity contribution in [3.8, 4) is 17.2 Å². The van der Waals surface area contributed by atoms with E-state index in [1.54, 1.807) is 18.2 Å². The van der Waals surface area contributed by atoms with Gasteiger partial charge in [-0.15, -0.1) is 0 Å². The fourth-order valence-corrected chi connectivity index (χ4v) is 5.21. The number of carbonyl (C=O) groups is 2. The molecule has 3 fully saturated rings. The quantitative estimate of drug-likeness (QED) is 0.435. The van der Waals surface area contributed by atoms with Crippen molar-refractivity contribution < 1.29 is 32.6 Å². The third kappa shape index (κ3) is 4.66. The van der Waals surface area contributed by atoms with Gasteiger partial charge in [0.15, 0.2) is 5.76 Å². The zero-order valence-electron chi connectivity index (χ0n) is 21.1.